The highest BCUT2D eigenvalue weighted by molar-refractivity contribution is 7.99. The first-order valence-electron chi connectivity index (χ1n) is 6.87. The zero-order chi connectivity index (χ0) is 15.5. The normalized spacial score (nSPS) is 17.6. The molecule has 3 nitrogen and oxygen atoms in total. The maximum atomic E-state index is 12.4. The molecule has 1 atom stereocenters. The van der Waals surface area contributed by atoms with E-state index in [1.807, 2.05) is 48.0 Å². The van der Waals surface area contributed by atoms with Gasteiger partial charge in [-0.3, -0.25) is 4.79 Å². The summed E-state index contributed by atoms with van der Waals surface area (Å²) in [6.45, 7) is 0. The van der Waals surface area contributed by atoms with Gasteiger partial charge in [-0.1, -0.05) is 29.8 Å². The second kappa shape index (κ2) is 6.86. The van der Waals surface area contributed by atoms with Crippen LogP contribution in [-0.4, -0.2) is 28.6 Å². The van der Waals surface area contributed by atoms with Gasteiger partial charge in [0.2, 0.25) is 0 Å². The van der Waals surface area contributed by atoms with Gasteiger partial charge in [-0.25, -0.2) is 5.01 Å². The van der Waals surface area contributed by atoms with Gasteiger partial charge in [-0.05, 0) is 35.4 Å². The lowest BCUT2D eigenvalue weighted by Gasteiger charge is -2.21. The van der Waals surface area contributed by atoms with Crippen LogP contribution in [0.4, 0.5) is 0 Å². The van der Waals surface area contributed by atoms with Crippen LogP contribution in [0.5, 0.6) is 0 Å². The summed E-state index contributed by atoms with van der Waals surface area (Å²) in [5, 5.41) is 8.95. The predicted molar refractivity (Wildman–Crippen MR) is 94.9 cm³/mol. The van der Waals surface area contributed by atoms with E-state index in [1.165, 1.54) is 11.8 Å². The van der Waals surface area contributed by atoms with Gasteiger partial charge in [0.05, 0.1) is 22.4 Å². The average molecular weight is 351 g/mol. The van der Waals surface area contributed by atoms with Gasteiger partial charge in [-0.15, -0.1) is 11.3 Å². The van der Waals surface area contributed by atoms with E-state index in [1.54, 1.807) is 16.3 Å². The van der Waals surface area contributed by atoms with Gasteiger partial charge in [-0.2, -0.15) is 16.9 Å². The van der Waals surface area contributed by atoms with Crippen molar-refractivity contribution in [1.82, 2.24) is 5.01 Å². The van der Waals surface area contributed by atoms with Gasteiger partial charge >= 0.3 is 0 Å². The van der Waals surface area contributed by atoms with E-state index in [2.05, 4.69) is 5.10 Å². The highest BCUT2D eigenvalue weighted by atomic mass is 35.5. The highest BCUT2D eigenvalue weighted by Crippen LogP contribution is 2.34. The minimum atomic E-state index is -0.0472. The SMILES string of the molecule is CSCC(=O)N1N=C(c2cccs2)CC1c1ccc(Cl)cc1. The Labute approximate surface area is 143 Å². The molecule has 0 spiro atoms. The standard InChI is InChI=1S/C16H15ClN2OS2/c1-21-10-16(20)19-14(11-4-6-12(17)7-5-11)9-13(18-19)15-3-2-8-22-15/h2-8,14H,9-10H2,1H3. The Morgan fingerprint density at radius 2 is 2.18 bits per heavy atom. The van der Waals surface area contributed by atoms with Crippen LogP contribution in [0.15, 0.2) is 46.9 Å². The summed E-state index contributed by atoms with van der Waals surface area (Å²) < 4.78 is 0. The van der Waals surface area contributed by atoms with Crippen LogP contribution in [-0.2, 0) is 4.79 Å². The van der Waals surface area contributed by atoms with E-state index in [0.717, 1.165) is 22.6 Å². The number of hydrogen-bond donors (Lipinski definition) is 0. The van der Waals surface area contributed by atoms with Crippen molar-refractivity contribution in [3.63, 3.8) is 0 Å². The number of carbonyl (C=O) groups excluding carboxylic acids is 1. The molecule has 1 aromatic carbocycles. The number of rotatable bonds is 4. The van der Waals surface area contributed by atoms with Crippen molar-refractivity contribution < 1.29 is 4.79 Å². The maximum Gasteiger partial charge on any atom is 0.253 e. The van der Waals surface area contributed by atoms with E-state index >= 15 is 0 Å². The zero-order valence-electron chi connectivity index (χ0n) is 12.0. The molecular formula is C16H15ClN2OS2. The van der Waals surface area contributed by atoms with Gasteiger partial charge in [0.15, 0.2) is 0 Å². The van der Waals surface area contributed by atoms with Gasteiger partial charge in [0.25, 0.3) is 5.91 Å². The lowest BCUT2D eigenvalue weighted by Crippen LogP contribution is -2.28. The quantitative estimate of drug-likeness (QED) is 0.816. The third-order valence-corrected chi connectivity index (χ3v) is 5.20. The topological polar surface area (TPSA) is 32.7 Å². The summed E-state index contributed by atoms with van der Waals surface area (Å²) in [6, 6.07) is 11.7. The summed E-state index contributed by atoms with van der Waals surface area (Å²) in [5.41, 5.74) is 2.04. The second-order valence-electron chi connectivity index (χ2n) is 4.97. The van der Waals surface area contributed by atoms with E-state index in [9.17, 15) is 4.79 Å². The van der Waals surface area contributed by atoms with E-state index in [0.29, 0.717) is 10.8 Å². The Morgan fingerprint density at radius 1 is 1.41 bits per heavy atom. The largest absolute Gasteiger partial charge is 0.272 e. The number of amides is 1. The Kier molecular flexibility index (Phi) is 4.86. The Morgan fingerprint density at radius 3 is 2.82 bits per heavy atom. The second-order valence-corrected chi connectivity index (χ2v) is 7.22. The third-order valence-electron chi connectivity index (χ3n) is 3.49. The summed E-state index contributed by atoms with van der Waals surface area (Å²) in [5.74, 6) is 0.477. The van der Waals surface area contributed by atoms with Crippen molar-refractivity contribution in [2.24, 2.45) is 5.10 Å². The summed E-state index contributed by atoms with van der Waals surface area (Å²) >= 11 is 9.13. The molecule has 0 radical (unpaired) electrons. The van der Waals surface area contributed by atoms with Gasteiger partial charge in [0.1, 0.15) is 0 Å². The van der Waals surface area contributed by atoms with Crippen LogP contribution in [0, 0.1) is 0 Å². The predicted octanol–water partition coefficient (Wildman–Crippen LogP) is 4.44. The fourth-order valence-electron chi connectivity index (χ4n) is 2.47. The van der Waals surface area contributed by atoms with Crippen molar-refractivity contribution in [3.05, 3.63) is 57.2 Å². The van der Waals surface area contributed by atoms with E-state index < -0.39 is 0 Å². The molecule has 3 rings (SSSR count). The third kappa shape index (κ3) is 3.21. The minimum absolute atomic E-state index is 0.0407. The van der Waals surface area contributed by atoms with Crippen LogP contribution < -0.4 is 0 Å². The van der Waals surface area contributed by atoms with Crippen molar-refractivity contribution in [1.29, 1.82) is 0 Å². The molecule has 1 amide bonds. The summed E-state index contributed by atoms with van der Waals surface area (Å²) in [7, 11) is 0. The minimum Gasteiger partial charge on any atom is -0.272 e. The molecular weight excluding hydrogens is 336 g/mol. The number of thioether (sulfide) groups is 1. The molecule has 1 aliphatic rings. The Bertz CT molecular complexity index is 683. The first kappa shape index (κ1) is 15.6. The number of benzene rings is 1. The molecule has 0 saturated carbocycles. The number of nitrogens with zero attached hydrogens (tertiary/aromatic N) is 2. The van der Waals surface area contributed by atoms with Crippen LogP contribution in [0.25, 0.3) is 0 Å². The van der Waals surface area contributed by atoms with Crippen molar-refractivity contribution >= 4 is 46.3 Å². The molecule has 0 N–H and O–H groups in total. The Hall–Kier alpha value is -1.30. The van der Waals surface area contributed by atoms with E-state index in [-0.39, 0.29) is 11.9 Å². The summed E-state index contributed by atoms with van der Waals surface area (Å²) in [6.07, 6.45) is 2.66. The molecule has 2 aromatic rings. The number of thiophene rings is 1. The first-order chi connectivity index (χ1) is 10.7. The lowest BCUT2D eigenvalue weighted by atomic mass is 10.0. The number of hydrazone groups is 1. The zero-order valence-corrected chi connectivity index (χ0v) is 14.4. The molecule has 0 fully saturated rings. The van der Waals surface area contributed by atoms with E-state index in [4.69, 9.17) is 11.6 Å². The molecule has 1 aromatic heterocycles. The molecule has 22 heavy (non-hydrogen) atoms. The Balaban J connectivity index is 1.91. The highest BCUT2D eigenvalue weighted by Gasteiger charge is 2.32. The van der Waals surface area contributed by atoms with Crippen LogP contribution >= 0.6 is 34.7 Å². The molecule has 1 aliphatic heterocycles. The lowest BCUT2D eigenvalue weighted by molar-refractivity contribution is -0.130. The molecule has 0 bridgehead atoms. The smallest absolute Gasteiger partial charge is 0.253 e. The molecule has 0 saturated heterocycles. The molecule has 1 unspecified atom stereocenters. The van der Waals surface area contributed by atoms with Crippen molar-refractivity contribution in [2.75, 3.05) is 12.0 Å². The average Bonchev–Trinajstić information content (AvgIpc) is 3.17. The monoisotopic (exact) mass is 350 g/mol. The number of carbonyl (C=O) groups is 1. The first-order valence-corrected chi connectivity index (χ1v) is 9.52. The fraction of sp³-hybridized carbons (Fsp3) is 0.250. The summed E-state index contributed by atoms with van der Waals surface area (Å²) in [4.78, 5) is 13.5. The van der Waals surface area contributed by atoms with Crippen LogP contribution in [0.3, 0.4) is 0 Å². The fourth-order valence-corrected chi connectivity index (χ4v) is 3.69. The molecule has 2 heterocycles. The number of halogens is 1. The molecule has 114 valence electrons. The van der Waals surface area contributed by atoms with Crippen molar-refractivity contribution in [2.45, 2.75) is 12.5 Å². The van der Waals surface area contributed by atoms with Crippen LogP contribution in [0.2, 0.25) is 5.02 Å². The van der Waals surface area contributed by atoms with Gasteiger partial charge in [0, 0.05) is 11.4 Å². The van der Waals surface area contributed by atoms with Gasteiger partial charge < -0.3 is 0 Å². The molecule has 0 aliphatic carbocycles. The van der Waals surface area contributed by atoms with Crippen molar-refractivity contribution in [3.8, 4) is 0 Å². The maximum absolute atomic E-state index is 12.4. The molecule has 6 heteroatoms. The van der Waals surface area contributed by atoms with Crippen LogP contribution in [0.1, 0.15) is 22.9 Å². The number of hydrogen-bond acceptors (Lipinski definition) is 4.